The molecule has 1 atom stereocenters. The summed E-state index contributed by atoms with van der Waals surface area (Å²) in [6.07, 6.45) is 2.92. The normalized spacial score (nSPS) is 19.4. The van der Waals surface area contributed by atoms with Crippen LogP contribution in [0.4, 0.5) is 4.39 Å². The standard InChI is InChI=1S/C26H23ClFNO4/c1-31-18-11-9-17(10-12-18)26(20-7-3-4-8-21(20)27)32-23-15-19(22(28)16-24(23)33-26)25(30)29-13-5-2-6-14-29/h3-4,7-12,15-16H,2,5-6,13-14H2,1H3. The van der Waals surface area contributed by atoms with Crippen LogP contribution in [0.25, 0.3) is 0 Å². The van der Waals surface area contributed by atoms with Gasteiger partial charge in [0.2, 0.25) is 0 Å². The summed E-state index contributed by atoms with van der Waals surface area (Å²) in [5, 5.41) is 0.436. The van der Waals surface area contributed by atoms with E-state index >= 15 is 4.39 Å². The second-order valence-electron chi connectivity index (χ2n) is 8.16. The van der Waals surface area contributed by atoms with Gasteiger partial charge in [-0.15, -0.1) is 0 Å². The Bertz CT molecular complexity index is 1190. The molecule has 0 radical (unpaired) electrons. The van der Waals surface area contributed by atoms with Crippen LogP contribution in [0.1, 0.15) is 40.7 Å². The molecule has 1 saturated heterocycles. The Morgan fingerprint density at radius 3 is 2.33 bits per heavy atom. The van der Waals surface area contributed by atoms with Crippen molar-refractivity contribution in [3.05, 3.63) is 88.2 Å². The number of likely N-dealkylation sites (tertiary alicyclic amines) is 1. The maximum absolute atomic E-state index is 15.1. The Kier molecular flexibility index (Phi) is 5.62. The number of hydrogen-bond acceptors (Lipinski definition) is 4. The van der Waals surface area contributed by atoms with Crippen LogP contribution in [-0.2, 0) is 5.79 Å². The molecule has 170 valence electrons. The van der Waals surface area contributed by atoms with E-state index in [4.69, 9.17) is 25.8 Å². The van der Waals surface area contributed by atoms with Gasteiger partial charge >= 0.3 is 5.79 Å². The number of fused-ring (bicyclic) bond motifs is 1. The third kappa shape index (κ3) is 3.78. The van der Waals surface area contributed by atoms with E-state index < -0.39 is 11.6 Å². The van der Waals surface area contributed by atoms with Gasteiger partial charge < -0.3 is 19.1 Å². The average Bonchev–Trinajstić information content (AvgIpc) is 3.23. The molecule has 1 amide bonds. The summed E-state index contributed by atoms with van der Waals surface area (Å²) in [6, 6.07) is 17.0. The van der Waals surface area contributed by atoms with E-state index in [1.807, 2.05) is 24.3 Å². The van der Waals surface area contributed by atoms with Gasteiger partial charge in [0.15, 0.2) is 11.5 Å². The third-order valence-corrected chi connectivity index (χ3v) is 6.44. The summed E-state index contributed by atoms with van der Waals surface area (Å²) in [5.74, 6) is -1.25. The second kappa shape index (κ2) is 8.60. The van der Waals surface area contributed by atoms with Crippen molar-refractivity contribution < 1.29 is 23.4 Å². The van der Waals surface area contributed by atoms with Gasteiger partial charge in [0.25, 0.3) is 5.91 Å². The first-order valence-corrected chi connectivity index (χ1v) is 11.3. The minimum absolute atomic E-state index is 0.0241. The van der Waals surface area contributed by atoms with Gasteiger partial charge in [0.1, 0.15) is 11.6 Å². The quantitative estimate of drug-likeness (QED) is 0.487. The maximum atomic E-state index is 15.1. The van der Waals surface area contributed by atoms with Crippen LogP contribution in [0, 0.1) is 5.82 Å². The number of hydrogen-bond donors (Lipinski definition) is 0. The summed E-state index contributed by atoms with van der Waals surface area (Å²) in [6.45, 7) is 1.25. The smallest absolute Gasteiger partial charge is 0.307 e. The molecule has 0 spiro atoms. The van der Waals surface area contributed by atoms with Crippen LogP contribution < -0.4 is 14.2 Å². The molecule has 2 aliphatic heterocycles. The zero-order valence-corrected chi connectivity index (χ0v) is 18.9. The number of methoxy groups -OCH3 is 1. The van der Waals surface area contributed by atoms with Crippen molar-refractivity contribution in [3.63, 3.8) is 0 Å². The molecule has 0 N–H and O–H groups in total. The van der Waals surface area contributed by atoms with Crippen LogP contribution >= 0.6 is 11.6 Å². The van der Waals surface area contributed by atoms with Gasteiger partial charge in [-0.3, -0.25) is 4.79 Å². The molecule has 3 aromatic carbocycles. The van der Waals surface area contributed by atoms with Crippen molar-refractivity contribution in [2.75, 3.05) is 20.2 Å². The largest absolute Gasteiger partial charge is 0.497 e. The van der Waals surface area contributed by atoms with Crippen molar-refractivity contribution in [3.8, 4) is 17.2 Å². The zero-order chi connectivity index (χ0) is 23.0. The molecule has 7 heteroatoms. The highest BCUT2D eigenvalue weighted by molar-refractivity contribution is 6.31. The van der Waals surface area contributed by atoms with Crippen LogP contribution in [0.2, 0.25) is 5.02 Å². The molecule has 3 aromatic rings. The Hall–Kier alpha value is -3.25. The first-order chi connectivity index (χ1) is 16.0. The van der Waals surface area contributed by atoms with E-state index in [1.165, 1.54) is 12.1 Å². The van der Waals surface area contributed by atoms with Crippen LogP contribution in [0.5, 0.6) is 17.2 Å². The minimum atomic E-state index is -1.44. The van der Waals surface area contributed by atoms with E-state index in [-0.39, 0.29) is 23.0 Å². The maximum Gasteiger partial charge on any atom is 0.307 e. The van der Waals surface area contributed by atoms with Crippen LogP contribution in [-0.4, -0.2) is 31.0 Å². The Morgan fingerprint density at radius 1 is 1.00 bits per heavy atom. The van der Waals surface area contributed by atoms with Crippen molar-refractivity contribution in [1.29, 1.82) is 0 Å². The lowest BCUT2D eigenvalue weighted by molar-refractivity contribution is -0.0458. The van der Waals surface area contributed by atoms with Crippen molar-refractivity contribution in [2.24, 2.45) is 0 Å². The number of piperidine rings is 1. The van der Waals surface area contributed by atoms with Gasteiger partial charge in [-0.2, -0.15) is 0 Å². The molecular formula is C26H23ClFNO4. The highest BCUT2D eigenvalue weighted by Gasteiger charge is 2.47. The fourth-order valence-corrected chi connectivity index (χ4v) is 4.64. The van der Waals surface area contributed by atoms with Crippen LogP contribution in [0.15, 0.2) is 60.7 Å². The fourth-order valence-electron chi connectivity index (χ4n) is 4.38. The number of carbonyl (C=O) groups is 1. The lowest BCUT2D eigenvalue weighted by atomic mass is 9.97. The molecule has 5 rings (SSSR count). The van der Waals surface area contributed by atoms with E-state index in [2.05, 4.69) is 0 Å². The van der Waals surface area contributed by atoms with Gasteiger partial charge in [-0.1, -0.05) is 23.7 Å². The number of rotatable bonds is 4. The second-order valence-corrected chi connectivity index (χ2v) is 8.57. The summed E-state index contributed by atoms with van der Waals surface area (Å²) >= 11 is 6.54. The van der Waals surface area contributed by atoms with E-state index in [1.54, 1.807) is 36.3 Å². The molecule has 33 heavy (non-hydrogen) atoms. The van der Waals surface area contributed by atoms with E-state index in [0.717, 1.165) is 19.3 Å². The van der Waals surface area contributed by atoms with Gasteiger partial charge in [0, 0.05) is 24.7 Å². The molecule has 0 aromatic heterocycles. The highest BCUT2D eigenvalue weighted by Crippen LogP contribution is 2.50. The summed E-state index contributed by atoms with van der Waals surface area (Å²) < 4.78 is 33.0. The number of nitrogens with zero attached hydrogens (tertiary/aromatic N) is 1. The van der Waals surface area contributed by atoms with Crippen molar-refractivity contribution in [2.45, 2.75) is 25.0 Å². The molecule has 2 aliphatic rings. The number of carbonyl (C=O) groups excluding carboxylic acids is 1. The van der Waals surface area contributed by atoms with Crippen LogP contribution in [0.3, 0.4) is 0 Å². The Balaban J connectivity index is 1.58. The molecule has 2 heterocycles. The zero-order valence-electron chi connectivity index (χ0n) is 18.1. The molecule has 0 aliphatic carbocycles. The molecule has 5 nitrogen and oxygen atoms in total. The first-order valence-electron chi connectivity index (χ1n) is 10.9. The Labute approximate surface area is 196 Å². The number of benzene rings is 3. The molecule has 0 bridgehead atoms. The summed E-state index contributed by atoms with van der Waals surface area (Å²) in [7, 11) is 1.58. The average molecular weight is 468 g/mol. The first kappa shape index (κ1) is 21.6. The van der Waals surface area contributed by atoms with Gasteiger partial charge in [0.05, 0.1) is 23.3 Å². The summed E-state index contributed by atoms with van der Waals surface area (Å²) in [5.41, 5.74) is 1.19. The SMILES string of the molecule is COc1ccc(C2(c3ccccc3Cl)Oc3cc(F)c(C(=O)N4CCCCC4)cc3O2)cc1. The predicted octanol–water partition coefficient (Wildman–Crippen LogP) is 5.79. The number of halogens is 2. The molecule has 1 fully saturated rings. The topological polar surface area (TPSA) is 48.0 Å². The number of amides is 1. The number of ether oxygens (including phenoxy) is 3. The minimum Gasteiger partial charge on any atom is -0.497 e. The lowest BCUT2D eigenvalue weighted by Gasteiger charge is -2.29. The lowest BCUT2D eigenvalue weighted by Crippen LogP contribution is -2.37. The van der Waals surface area contributed by atoms with Crippen molar-refractivity contribution in [1.82, 2.24) is 4.90 Å². The van der Waals surface area contributed by atoms with E-state index in [0.29, 0.717) is 35.0 Å². The highest BCUT2D eigenvalue weighted by atomic mass is 35.5. The molecular weight excluding hydrogens is 445 g/mol. The molecule has 0 saturated carbocycles. The van der Waals surface area contributed by atoms with Gasteiger partial charge in [-0.25, -0.2) is 4.39 Å². The predicted molar refractivity (Wildman–Crippen MR) is 123 cm³/mol. The van der Waals surface area contributed by atoms with E-state index in [9.17, 15) is 4.79 Å². The monoisotopic (exact) mass is 467 g/mol. The Morgan fingerprint density at radius 2 is 1.67 bits per heavy atom. The van der Waals surface area contributed by atoms with Gasteiger partial charge in [-0.05, 0) is 61.7 Å². The van der Waals surface area contributed by atoms with Crippen molar-refractivity contribution >= 4 is 17.5 Å². The fraction of sp³-hybridized carbons (Fsp3) is 0.269. The summed E-state index contributed by atoms with van der Waals surface area (Å²) in [4.78, 5) is 14.7. The molecule has 1 unspecified atom stereocenters. The third-order valence-electron chi connectivity index (χ3n) is 6.11.